The SMILES string of the molecule is CC(C)S(=O)(=O)NC(=O)C1CNc2ccccc2C1. The average Bonchev–Trinajstić information content (AvgIpc) is 2.37. The second-order valence-electron chi connectivity index (χ2n) is 5.00. The number of para-hydroxylation sites is 1. The molecule has 0 fully saturated rings. The van der Waals surface area contributed by atoms with Crippen LogP contribution in [0, 0.1) is 5.92 Å². The summed E-state index contributed by atoms with van der Waals surface area (Å²) < 4.78 is 25.5. The van der Waals surface area contributed by atoms with Crippen molar-refractivity contribution >= 4 is 21.6 Å². The molecule has 1 amide bonds. The van der Waals surface area contributed by atoms with Crippen molar-refractivity contribution < 1.29 is 13.2 Å². The molecule has 1 aliphatic heterocycles. The van der Waals surface area contributed by atoms with Crippen LogP contribution >= 0.6 is 0 Å². The van der Waals surface area contributed by atoms with E-state index in [2.05, 4.69) is 10.0 Å². The van der Waals surface area contributed by atoms with Crippen LogP contribution in [0.2, 0.25) is 0 Å². The molecular weight excluding hydrogens is 264 g/mol. The van der Waals surface area contributed by atoms with Gasteiger partial charge in [0.05, 0.1) is 11.2 Å². The van der Waals surface area contributed by atoms with Gasteiger partial charge in [-0.2, -0.15) is 0 Å². The number of carbonyl (C=O) groups is 1. The van der Waals surface area contributed by atoms with Crippen LogP contribution in [-0.4, -0.2) is 26.1 Å². The smallest absolute Gasteiger partial charge is 0.238 e. The molecule has 1 aliphatic rings. The Kier molecular flexibility index (Phi) is 3.80. The zero-order chi connectivity index (χ0) is 14.0. The third-order valence-electron chi connectivity index (χ3n) is 3.26. The zero-order valence-corrected chi connectivity index (χ0v) is 11.8. The molecule has 1 aromatic carbocycles. The minimum Gasteiger partial charge on any atom is -0.384 e. The number of sulfonamides is 1. The highest BCUT2D eigenvalue weighted by molar-refractivity contribution is 7.90. The largest absolute Gasteiger partial charge is 0.384 e. The summed E-state index contributed by atoms with van der Waals surface area (Å²) in [6, 6.07) is 7.73. The monoisotopic (exact) mass is 282 g/mol. The number of benzene rings is 1. The minimum atomic E-state index is -3.55. The molecule has 1 aromatic rings. The first kappa shape index (κ1) is 13.9. The van der Waals surface area contributed by atoms with Crippen molar-refractivity contribution in [2.24, 2.45) is 5.92 Å². The summed E-state index contributed by atoms with van der Waals surface area (Å²) in [7, 11) is -3.55. The number of carbonyl (C=O) groups excluding carboxylic acids is 1. The summed E-state index contributed by atoms with van der Waals surface area (Å²) in [4.78, 5) is 12.0. The Bertz CT molecular complexity index is 581. The van der Waals surface area contributed by atoms with Crippen molar-refractivity contribution in [2.75, 3.05) is 11.9 Å². The van der Waals surface area contributed by atoms with E-state index in [1.54, 1.807) is 13.8 Å². The zero-order valence-electron chi connectivity index (χ0n) is 11.0. The van der Waals surface area contributed by atoms with Gasteiger partial charge in [-0.25, -0.2) is 8.42 Å². The van der Waals surface area contributed by atoms with Crippen LogP contribution in [0.25, 0.3) is 0 Å². The van der Waals surface area contributed by atoms with Crippen LogP contribution in [0.15, 0.2) is 24.3 Å². The third-order valence-corrected chi connectivity index (χ3v) is 4.98. The summed E-state index contributed by atoms with van der Waals surface area (Å²) >= 11 is 0. The maximum atomic E-state index is 12.0. The fourth-order valence-electron chi connectivity index (χ4n) is 1.97. The van der Waals surface area contributed by atoms with Gasteiger partial charge in [0.15, 0.2) is 0 Å². The molecule has 0 saturated heterocycles. The molecule has 0 spiro atoms. The van der Waals surface area contributed by atoms with E-state index < -0.39 is 21.2 Å². The molecule has 5 nitrogen and oxygen atoms in total. The molecule has 1 unspecified atom stereocenters. The predicted octanol–water partition coefficient (Wildman–Crippen LogP) is 1.13. The van der Waals surface area contributed by atoms with E-state index >= 15 is 0 Å². The van der Waals surface area contributed by atoms with Gasteiger partial charge in [-0.3, -0.25) is 9.52 Å². The molecule has 6 heteroatoms. The van der Waals surface area contributed by atoms with Crippen LogP contribution < -0.4 is 10.0 Å². The van der Waals surface area contributed by atoms with E-state index in [1.165, 1.54) is 0 Å². The van der Waals surface area contributed by atoms with E-state index in [0.29, 0.717) is 13.0 Å². The molecular formula is C13H18N2O3S. The molecule has 0 aliphatic carbocycles. The third kappa shape index (κ3) is 3.07. The molecule has 0 radical (unpaired) electrons. The Labute approximate surface area is 113 Å². The second-order valence-corrected chi connectivity index (χ2v) is 7.24. The van der Waals surface area contributed by atoms with Gasteiger partial charge >= 0.3 is 0 Å². The maximum Gasteiger partial charge on any atom is 0.238 e. The van der Waals surface area contributed by atoms with Gasteiger partial charge in [0.1, 0.15) is 0 Å². The number of nitrogens with one attached hydrogen (secondary N) is 2. The lowest BCUT2D eigenvalue weighted by Crippen LogP contribution is -2.43. The van der Waals surface area contributed by atoms with Gasteiger partial charge in [0.25, 0.3) is 0 Å². The van der Waals surface area contributed by atoms with E-state index in [1.807, 2.05) is 24.3 Å². The number of hydrogen-bond donors (Lipinski definition) is 2. The molecule has 19 heavy (non-hydrogen) atoms. The van der Waals surface area contributed by atoms with Crippen molar-refractivity contribution in [3.05, 3.63) is 29.8 Å². The summed E-state index contributed by atoms with van der Waals surface area (Å²) in [5, 5.41) is 2.54. The summed E-state index contributed by atoms with van der Waals surface area (Å²) in [6.45, 7) is 3.55. The van der Waals surface area contributed by atoms with E-state index in [-0.39, 0.29) is 5.92 Å². The molecule has 0 aromatic heterocycles. The lowest BCUT2D eigenvalue weighted by Gasteiger charge is -2.25. The van der Waals surface area contributed by atoms with Crippen molar-refractivity contribution in [1.29, 1.82) is 0 Å². The summed E-state index contributed by atoms with van der Waals surface area (Å²) in [5.41, 5.74) is 2.05. The van der Waals surface area contributed by atoms with Crippen molar-refractivity contribution in [3.8, 4) is 0 Å². The topological polar surface area (TPSA) is 75.3 Å². The van der Waals surface area contributed by atoms with E-state index in [4.69, 9.17) is 0 Å². The van der Waals surface area contributed by atoms with Gasteiger partial charge < -0.3 is 5.32 Å². The second kappa shape index (κ2) is 5.21. The summed E-state index contributed by atoms with van der Waals surface area (Å²) in [6.07, 6.45) is 0.558. The Balaban J connectivity index is 2.08. The van der Waals surface area contributed by atoms with Gasteiger partial charge in [0.2, 0.25) is 15.9 Å². The Morgan fingerprint density at radius 3 is 2.74 bits per heavy atom. The van der Waals surface area contributed by atoms with E-state index in [0.717, 1.165) is 11.3 Å². The van der Waals surface area contributed by atoms with Gasteiger partial charge in [-0.15, -0.1) is 0 Å². The molecule has 0 bridgehead atoms. The standard InChI is InChI=1S/C13H18N2O3S/c1-9(2)19(17,18)15-13(16)11-7-10-5-3-4-6-12(10)14-8-11/h3-6,9,11,14H,7-8H2,1-2H3,(H,15,16). The van der Waals surface area contributed by atoms with Gasteiger partial charge in [-0.1, -0.05) is 18.2 Å². The molecule has 1 atom stereocenters. The van der Waals surface area contributed by atoms with Gasteiger partial charge in [-0.05, 0) is 31.9 Å². The number of hydrogen-bond acceptors (Lipinski definition) is 4. The lowest BCUT2D eigenvalue weighted by molar-refractivity contribution is -0.122. The number of anilines is 1. The first-order chi connectivity index (χ1) is 8.90. The number of amides is 1. The molecule has 2 rings (SSSR count). The first-order valence-electron chi connectivity index (χ1n) is 6.27. The van der Waals surface area contributed by atoms with Crippen LogP contribution in [0.4, 0.5) is 5.69 Å². The van der Waals surface area contributed by atoms with Crippen LogP contribution in [0.5, 0.6) is 0 Å². The Morgan fingerprint density at radius 1 is 1.37 bits per heavy atom. The highest BCUT2D eigenvalue weighted by Crippen LogP contribution is 2.24. The lowest BCUT2D eigenvalue weighted by atomic mass is 9.94. The molecule has 0 saturated carbocycles. The Morgan fingerprint density at radius 2 is 2.05 bits per heavy atom. The van der Waals surface area contributed by atoms with Crippen LogP contribution in [0.3, 0.4) is 0 Å². The Hall–Kier alpha value is -1.56. The predicted molar refractivity (Wildman–Crippen MR) is 74.3 cm³/mol. The van der Waals surface area contributed by atoms with Gasteiger partial charge in [0, 0.05) is 12.2 Å². The highest BCUT2D eigenvalue weighted by Gasteiger charge is 2.28. The maximum absolute atomic E-state index is 12.0. The highest BCUT2D eigenvalue weighted by atomic mass is 32.2. The quantitative estimate of drug-likeness (QED) is 0.871. The molecule has 1 heterocycles. The fraction of sp³-hybridized carbons (Fsp3) is 0.462. The molecule has 2 N–H and O–H groups in total. The van der Waals surface area contributed by atoms with Crippen molar-refractivity contribution in [3.63, 3.8) is 0 Å². The molecule has 104 valence electrons. The normalized spacial score (nSPS) is 18.6. The van der Waals surface area contributed by atoms with E-state index in [9.17, 15) is 13.2 Å². The first-order valence-corrected chi connectivity index (χ1v) is 7.82. The number of fused-ring (bicyclic) bond motifs is 1. The van der Waals surface area contributed by atoms with Crippen molar-refractivity contribution in [1.82, 2.24) is 4.72 Å². The fourth-order valence-corrected chi connectivity index (χ4v) is 2.65. The van der Waals surface area contributed by atoms with Crippen molar-refractivity contribution in [2.45, 2.75) is 25.5 Å². The summed E-state index contributed by atoms with van der Waals surface area (Å²) in [5.74, 6) is -0.792. The average molecular weight is 282 g/mol. The minimum absolute atomic E-state index is 0.358. The van der Waals surface area contributed by atoms with Crippen LogP contribution in [-0.2, 0) is 21.2 Å². The van der Waals surface area contributed by atoms with Crippen LogP contribution in [0.1, 0.15) is 19.4 Å². The number of rotatable bonds is 3.